The van der Waals surface area contributed by atoms with Gasteiger partial charge in [0.05, 0.1) is 5.75 Å². The van der Waals surface area contributed by atoms with E-state index in [2.05, 4.69) is 0 Å². The molecule has 0 amide bonds. The molecule has 1 unspecified atom stereocenters. The van der Waals surface area contributed by atoms with Crippen LogP contribution >= 0.6 is 11.8 Å². The normalized spacial score (nSPS) is 12.7. The summed E-state index contributed by atoms with van der Waals surface area (Å²) in [6.45, 7) is 2.63. The first-order chi connectivity index (χ1) is 6.63. The van der Waals surface area contributed by atoms with Crippen LogP contribution in [0.3, 0.4) is 0 Å². The number of carbonyl (C=O) groups is 1. The summed E-state index contributed by atoms with van der Waals surface area (Å²) in [7, 11) is 0. The molecule has 78 valence electrons. The Morgan fingerprint density at radius 1 is 1.71 bits per heavy atom. The molecule has 14 heavy (non-hydrogen) atoms. The maximum atomic E-state index is 10.5. The molecule has 5 heteroatoms. The highest BCUT2D eigenvalue weighted by Gasteiger charge is 2.09. The monoisotopic (exact) mass is 215 g/mol. The Morgan fingerprint density at radius 3 is 2.93 bits per heavy atom. The molecule has 0 saturated carbocycles. The van der Waals surface area contributed by atoms with Crippen molar-refractivity contribution in [3.63, 3.8) is 0 Å². The Kier molecular flexibility index (Phi) is 4.03. The van der Waals surface area contributed by atoms with E-state index < -0.39 is 5.97 Å². The van der Waals surface area contributed by atoms with E-state index in [1.54, 1.807) is 17.8 Å². The standard InChI is InChI=1S/C9H13NO3S/c1-6(4-10)14-5-7-2-3-8(13-7)9(11)12/h2-3,6H,4-5,10H2,1H3,(H,11,12). The number of nitrogens with two attached hydrogens (primary N) is 1. The van der Waals surface area contributed by atoms with Crippen molar-refractivity contribution in [2.45, 2.75) is 17.9 Å². The van der Waals surface area contributed by atoms with Crippen LogP contribution in [-0.4, -0.2) is 22.9 Å². The molecule has 0 aromatic carbocycles. The molecule has 4 nitrogen and oxygen atoms in total. The van der Waals surface area contributed by atoms with Gasteiger partial charge in [-0.25, -0.2) is 4.79 Å². The Labute approximate surface area is 86.5 Å². The number of carboxylic acids is 1. The van der Waals surface area contributed by atoms with Crippen LogP contribution in [0.1, 0.15) is 23.2 Å². The summed E-state index contributed by atoms with van der Waals surface area (Å²) in [6, 6.07) is 3.14. The molecule has 0 aliphatic rings. The van der Waals surface area contributed by atoms with Crippen molar-refractivity contribution in [1.82, 2.24) is 0 Å². The SMILES string of the molecule is CC(CN)SCc1ccc(C(=O)O)o1. The highest BCUT2D eigenvalue weighted by atomic mass is 32.2. The predicted octanol–water partition coefficient (Wildman–Crippen LogP) is 1.56. The number of carboxylic acid groups (broad SMARTS) is 1. The molecule has 1 atom stereocenters. The lowest BCUT2D eigenvalue weighted by Gasteiger charge is -2.05. The van der Waals surface area contributed by atoms with Gasteiger partial charge in [0, 0.05) is 11.8 Å². The topological polar surface area (TPSA) is 76.5 Å². The fourth-order valence-corrected chi connectivity index (χ4v) is 1.60. The molecule has 1 rings (SSSR count). The first-order valence-corrected chi connectivity index (χ1v) is 5.32. The van der Waals surface area contributed by atoms with Crippen molar-refractivity contribution in [3.05, 3.63) is 23.7 Å². The van der Waals surface area contributed by atoms with Gasteiger partial charge in [-0.2, -0.15) is 0 Å². The highest BCUT2D eigenvalue weighted by Crippen LogP contribution is 2.18. The average Bonchev–Trinajstić information content (AvgIpc) is 2.62. The lowest BCUT2D eigenvalue weighted by molar-refractivity contribution is 0.0661. The molecule has 1 heterocycles. The van der Waals surface area contributed by atoms with E-state index in [9.17, 15) is 4.79 Å². The minimum absolute atomic E-state index is 0.0130. The molecule has 0 spiro atoms. The van der Waals surface area contributed by atoms with Gasteiger partial charge < -0.3 is 15.3 Å². The molecule has 0 bridgehead atoms. The van der Waals surface area contributed by atoms with Gasteiger partial charge >= 0.3 is 5.97 Å². The fraction of sp³-hybridized carbons (Fsp3) is 0.444. The molecule has 1 aromatic rings. The Bertz CT molecular complexity index is 311. The van der Waals surface area contributed by atoms with Crippen molar-refractivity contribution in [1.29, 1.82) is 0 Å². The summed E-state index contributed by atoms with van der Waals surface area (Å²) in [5.74, 6) is 0.285. The van der Waals surface area contributed by atoms with Gasteiger partial charge in [0.1, 0.15) is 5.76 Å². The van der Waals surface area contributed by atoms with Gasteiger partial charge in [-0.1, -0.05) is 6.92 Å². The number of aromatic carboxylic acids is 1. The number of thioether (sulfide) groups is 1. The number of rotatable bonds is 5. The van der Waals surface area contributed by atoms with Crippen molar-refractivity contribution in [3.8, 4) is 0 Å². The second-order valence-corrected chi connectivity index (χ2v) is 4.36. The molecule has 1 aromatic heterocycles. The second kappa shape index (κ2) is 5.07. The van der Waals surface area contributed by atoms with Crippen LogP contribution in [0.5, 0.6) is 0 Å². The third-order valence-corrected chi connectivity index (χ3v) is 2.93. The van der Waals surface area contributed by atoms with E-state index in [0.29, 0.717) is 23.3 Å². The molecule has 0 fully saturated rings. The molecule has 0 radical (unpaired) electrons. The van der Waals surface area contributed by atoms with Crippen molar-refractivity contribution in [2.24, 2.45) is 5.73 Å². The maximum absolute atomic E-state index is 10.5. The van der Waals surface area contributed by atoms with Crippen LogP contribution in [0, 0.1) is 0 Å². The molecular formula is C9H13NO3S. The average molecular weight is 215 g/mol. The number of furan rings is 1. The van der Waals surface area contributed by atoms with Gasteiger partial charge in [-0.15, -0.1) is 11.8 Å². The zero-order valence-electron chi connectivity index (χ0n) is 7.90. The van der Waals surface area contributed by atoms with E-state index in [-0.39, 0.29) is 5.76 Å². The predicted molar refractivity (Wildman–Crippen MR) is 55.5 cm³/mol. The highest BCUT2D eigenvalue weighted by molar-refractivity contribution is 7.99. The largest absolute Gasteiger partial charge is 0.475 e. The van der Waals surface area contributed by atoms with Gasteiger partial charge in [0.2, 0.25) is 5.76 Å². The first kappa shape index (κ1) is 11.1. The van der Waals surface area contributed by atoms with E-state index >= 15 is 0 Å². The third-order valence-electron chi connectivity index (χ3n) is 1.71. The number of hydrogen-bond acceptors (Lipinski definition) is 4. The Hall–Kier alpha value is -0.940. The van der Waals surface area contributed by atoms with Crippen LogP contribution in [-0.2, 0) is 5.75 Å². The van der Waals surface area contributed by atoms with E-state index in [4.69, 9.17) is 15.3 Å². The molecule has 0 aliphatic heterocycles. The minimum atomic E-state index is -1.03. The summed E-state index contributed by atoms with van der Waals surface area (Å²) < 4.78 is 5.08. The summed E-state index contributed by atoms with van der Waals surface area (Å²) >= 11 is 1.64. The van der Waals surface area contributed by atoms with Crippen LogP contribution in [0.25, 0.3) is 0 Å². The quantitative estimate of drug-likeness (QED) is 0.779. The van der Waals surface area contributed by atoms with E-state index in [1.165, 1.54) is 6.07 Å². The van der Waals surface area contributed by atoms with E-state index in [0.717, 1.165) is 0 Å². The van der Waals surface area contributed by atoms with Gasteiger partial charge in [0.15, 0.2) is 0 Å². The van der Waals surface area contributed by atoms with Crippen LogP contribution in [0.4, 0.5) is 0 Å². The second-order valence-electron chi connectivity index (χ2n) is 2.93. The summed E-state index contributed by atoms with van der Waals surface area (Å²) in [5.41, 5.74) is 5.44. The Morgan fingerprint density at radius 2 is 2.43 bits per heavy atom. The molecule has 0 saturated heterocycles. The lowest BCUT2D eigenvalue weighted by atomic mass is 10.4. The van der Waals surface area contributed by atoms with Gasteiger partial charge in [-0.05, 0) is 12.1 Å². The zero-order valence-corrected chi connectivity index (χ0v) is 8.71. The first-order valence-electron chi connectivity index (χ1n) is 4.27. The molecule has 3 N–H and O–H groups in total. The lowest BCUT2D eigenvalue weighted by Crippen LogP contribution is -2.12. The summed E-state index contributed by atoms with van der Waals surface area (Å²) in [5, 5.41) is 8.96. The minimum Gasteiger partial charge on any atom is -0.475 e. The van der Waals surface area contributed by atoms with Gasteiger partial charge in [0.25, 0.3) is 0 Å². The molecule has 0 aliphatic carbocycles. The van der Waals surface area contributed by atoms with Crippen molar-refractivity contribution < 1.29 is 14.3 Å². The maximum Gasteiger partial charge on any atom is 0.371 e. The van der Waals surface area contributed by atoms with Crippen LogP contribution in [0.15, 0.2) is 16.5 Å². The van der Waals surface area contributed by atoms with Crippen LogP contribution < -0.4 is 5.73 Å². The van der Waals surface area contributed by atoms with Gasteiger partial charge in [-0.3, -0.25) is 0 Å². The summed E-state index contributed by atoms with van der Waals surface area (Å²) in [6.07, 6.45) is 0. The molecular weight excluding hydrogens is 202 g/mol. The van der Waals surface area contributed by atoms with E-state index in [1.807, 2.05) is 6.92 Å². The zero-order chi connectivity index (χ0) is 10.6. The smallest absolute Gasteiger partial charge is 0.371 e. The summed E-state index contributed by atoms with van der Waals surface area (Å²) in [4.78, 5) is 10.5. The van der Waals surface area contributed by atoms with Crippen LogP contribution in [0.2, 0.25) is 0 Å². The van der Waals surface area contributed by atoms with Crippen molar-refractivity contribution in [2.75, 3.05) is 6.54 Å². The third kappa shape index (κ3) is 3.08. The van der Waals surface area contributed by atoms with Crippen molar-refractivity contribution >= 4 is 17.7 Å². The fourth-order valence-electron chi connectivity index (χ4n) is 0.863. The number of hydrogen-bond donors (Lipinski definition) is 2. The Balaban J connectivity index is 2.48.